The Morgan fingerprint density at radius 3 is 2.61 bits per heavy atom. The Morgan fingerprint density at radius 1 is 1.06 bits per heavy atom. The summed E-state index contributed by atoms with van der Waals surface area (Å²) in [5, 5.41) is 10.7. The minimum atomic E-state index is -0.681. The number of nitrogens with one attached hydrogen (secondary N) is 4. The summed E-state index contributed by atoms with van der Waals surface area (Å²) in [6.45, 7) is 1.24. The first-order valence-electron chi connectivity index (χ1n) is 9.17. The molecule has 0 saturated heterocycles. The molecule has 0 aliphatic carbocycles. The van der Waals surface area contributed by atoms with Gasteiger partial charge in [0.25, 0.3) is 5.91 Å². The van der Waals surface area contributed by atoms with Crippen molar-refractivity contribution in [1.82, 2.24) is 20.3 Å². The molecule has 0 aliphatic rings. The summed E-state index contributed by atoms with van der Waals surface area (Å²) in [5.41, 5.74) is 0.581. The molecule has 0 bridgehead atoms. The molecule has 31 heavy (non-hydrogen) atoms. The van der Waals surface area contributed by atoms with E-state index in [0.29, 0.717) is 23.1 Å². The highest BCUT2D eigenvalue weighted by Crippen LogP contribution is 2.22. The lowest BCUT2D eigenvalue weighted by molar-refractivity contribution is -0.122. The average Bonchev–Trinajstić information content (AvgIpc) is 2.74. The van der Waals surface area contributed by atoms with E-state index >= 15 is 0 Å². The monoisotopic (exact) mass is 425 g/mol. The highest BCUT2D eigenvalue weighted by molar-refractivity contribution is 5.87. The van der Waals surface area contributed by atoms with Crippen LogP contribution in [0.5, 0.6) is 5.75 Å². The lowest BCUT2D eigenvalue weighted by Gasteiger charge is -2.11. The normalized spacial score (nSPS) is 10.2. The summed E-state index contributed by atoms with van der Waals surface area (Å²) >= 11 is 0. The number of ether oxygens (including phenoxy) is 1. The number of hydrogen-bond donors (Lipinski definition) is 4. The average molecular weight is 425 g/mol. The van der Waals surface area contributed by atoms with Gasteiger partial charge in [-0.2, -0.15) is 4.98 Å². The van der Waals surface area contributed by atoms with E-state index in [4.69, 9.17) is 4.74 Å². The fourth-order valence-corrected chi connectivity index (χ4v) is 2.40. The van der Waals surface area contributed by atoms with Crippen LogP contribution in [0.2, 0.25) is 0 Å². The molecule has 160 valence electrons. The first-order valence-corrected chi connectivity index (χ1v) is 9.17. The van der Waals surface area contributed by atoms with E-state index in [1.807, 2.05) is 0 Å². The number of nitrogens with zero attached hydrogens (tertiary/aromatic N) is 3. The van der Waals surface area contributed by atoms with Gasteiger partial charge in [0.15, 0.2) is 18.2 Å². The van der Waals surface area contributed by atoms with Gasteiger partial charge < -0.3 is 26.0 Å². The number of halogens is 1. The molecule has 2 aromatic heterocycles. The molecule has 10 nitrogen and oxygen atoms in total. The predicted octanol–water partition coefficient (Wildman–Crippen LogP) is 2.58. The van der Waals surface area contributed by atoms with Gasteiger partial charge >= 0.3 is 0 Å². The van der Waals surface area contributed by atoms with Crippen molar-refractivity contribution in [3.05, 3.63) is 54.5 Å². The highest BCUT2D eigenvalue weighted by Gasteiger charge is 2.10. The van der Waals surface area contributed by atoms with Crippen LogP contribution in [0.15, 0.2) is 48.7 Å². The van der Waals surface area contributed by atoms with Crippen LogP contribution in [0.4, 0.5) is 33.5 Å². The maximum atomic E-state index is 14.2. The Kier molecular flexibility index (Phi) is 6.89. The minimum absolute atomic E-state index is 0.100. The smallest absolute Gasteiger partial charge is 0.257 e. The molecule has 0 fully saturated rings. The minimum Gasteiger partial charge on any atom is -0.484 e. The Morgan fingerprint density at radius 2 is 1.84 bits per heavy atom. The van der Waals surface area contributed by atoms with E-state index in [-0.39, 0.29) is 30.2 Å². The van der Waals surface area contributed by atoms with Gasteiger partial charge in [-0.3, -0.25) is 9.59 Å². The lowest BCUT2D eigenvalue weighted by Crippen LogP contribution is -2.24. The van der Waals surface area contributed by atoms with Gasteiger partial charge in [-0.1, -0.05) is 12.1 Å². The maximum absolute atomic E-state index is 14.2. The molecule has 0 saturated carbocycles. The van der Waals surface area contributed by atoms with Gasteiger partial charge in [0.05, 0.1) is 6.20 Å². The lowest BCUT2D eigenvalue weighted by atomic mass is 10.3. The zero-order chi connectivity index (χ0) is 22.2. The summed E-state index contributed by atoms with van der Waals surface area (Å²) in [6.07, 6.45) is 1.02. The zero-order valence-corrected chi connectivity index (χ0v) is 16.8. The van der Waals surface area contributed by atoms with Crippen molar-refractivity contribution in [2.24, 2.45) is 0 Å². The summed E-state index contributed by atoms with van der Waals surface area (Å²) in [6, 6.07) is 11.7. The molecule has 0 spiro atoms. The van der Waals surface area contributed by atoms with Crippen LogP contribution < -0.4 is 26.0 Å². The molecule has 2 heterocycles. The molecule has 2 amide bonds. The number of anilines is 5. The first-order chi connectivity index (χ1) is 14.9. The Balaban J connectivity index is 1.73. The number of likely N-dealkylation sites (N-methyl/N-ethyl adjacent to an activating group) is 1. The second-order valence-electron chi connectivity index (χ2n) is 6.22. The van der Waals surface area contributed by atoms with Gasteiger partial charge in [0.1, 0.15) is 17.4 Å². The largest absolute Gasteiger partial charge is 0.484 e. The van der Waals surface area contributed by atoms with Crippen LogP contribution in [0, 0.1) is 5.82 Å². The van der Waals surface area contributed by atoms with E-state index in [1.165, 1.54) is 14.0 Å². The molecular formula is C20H20FN7O3. The molecule has 3 rings (SSSR count). The van der Waals surface area contributed by atoms with E-state index in [9.17, 15) is 14.0 Å². The van der Waals surface area contributed by atoms with Crippen molar-refractivity contribution >= 4 is 40.9 Å². The van der Waals surface area contributed by atoms with E-state index in [2.05, 4.69) is 36.2 Å². The maximum Gasteiger partial charge on any atom is 0.257 e. The van der Waals surface area contributed by atoms with Crippen molar-refractivity contribution in [3.63, 3.8) is 0 Å². The summed E-state index contributed by atoms with van der Waals surface area (Å²) in [5.74, 6) is -0.105. The van der Waals surface area contributed by atoms with Crippen molar-refractivity contribution in [3.8, 4) is 5.75 Å². The Hall–Kier alpha value is -4.28. The van der Waals surface area contributed by atoms with Crippen molar-refractivity contribution in [2.75, 3.05) is 29.6 Å². The second-order valence-corrected chi connectivity index (χ2v) is 6.22. The molecule has 0 atom stereocenters. The van der Waals surface area contributed by atoms with Crippen LogP contribution >= 0.6 is 0 Å². The molecule has 4 N–H and O–H groups in total. The third-order valence-electron chi connectivity index (χ3n) is 3.78. The molecule has 3 aromatic rings. The van der Waals surface area contributed by atoms with Crippen LogP contribution in [0.1, 0.15) is 6.92 Å². The van der Waals surface area contributed by atoms with Crippen LogP contribution in [-0.2, 0) is 9.59 Å². The van der Waals surface area contributed by atoms with Crippen molar-refractivity contribution in [2.45, 2.75) is 6.92 Å². The fraction of sp³-hybridized carbons (Fsp3) is 0.150. The summed E-state index contributed by atoms with van der Waals surface area (Å²) in [7, 11) is 1.52. The molecule has 0 radical (unpaired) electrons. The fourth-order valence-electron chi connectivity index (χ4n) is 2.40. The third kappa shape index (κ3) is 6.35. The molecule has 0 unspecified atom stereocenters. The number of carbonyl (C=O) groups is 2. The summed E-state index contributed by atoms with van der Waals surface area (Å²) < 4.78 is 19.6. The number of hydrogen-bond acceptors (Lipinski definition) is 8. The van der Waals surface area contributed by atoms with E-state index in [0.717, 1.165) is 6.20 Å². The van der Waals surface area contributed by atoms with Gasteiger partial charge in [-0.05, 0) is 24.3 Å². The molecule has 1 aromatic carbocycles. The van der Waals surface area contributed by atoms with E-state index in [1.54, 1.807) is 42.5 Å². The number of pyridine rings is 1. The topological polar surface area (TPSA) is 130 Å². The van der Waals surface area contributed by atoms with Gasteiger partial charge in [0, 0.05) is 25.7 Å². The standard InChI is InChI=1S/C20H20FN7O3/c1-12(29)24-16-7-4-8-17(26-16)27-19-15(21)10-23-20(28-19)25-13-5-3-6-14(9-13)31-11-18(30)22-2/h3-10H,11H2,1-2H3,(H,22,30)(H3,23,24,25,26,27,28,29). The van der Waals surface area contributed by atoms with Crippen molar-refractivity contribution < 1.29 is 18.7 Å². The third-order valence-corrected chi connectivity index (χ3v) is 3.78. The molecular weight excluding hydrogens is 405 g/mol. The molecule has 11 heteroatoms. The van der Waals surface area contributed by atoms with Gasteiger partial charge in [-0.15, -0.1) is 0 Å². The van der Waals surface area contributed by atoms with Crippen LogP contribution in [0.3, 0.4) is 0 Å². The van der Waals surface area contributed by atoms with Crippen molar-refractivity contribution in [1.29, 1.82) is 0 Å². The highest BCUT2D eigenvalue weighted by atomic mass is 19.1. The van der Waals surface area contributed by atoms with E-state index < -0.39 is 5.82 Å². The number of amides is 2. The Labute approximate surface area is 177 Å². The predicted molar refractivity (Wildman–Crippen MR) is 113 cm³/mol. The number of benzene rings is 1. The quantitative estimate of drug-likeness (QED) is 0.433. The number of rotatable bonds is 8. The molecule has 0 aliphatic heterocycles. The van der Waals surface area contributed by atoms with Gasteiger partial charge in [0.2, 0.25) is 11.9 Å². The second kappa shape index (κ2) is 9.96. The first kappa shape index (κ1) is 21.4. The SMILES string of the molecule is CNC(=O)COc1cccc(Nc2ncc(F)c(Nc3cccc(NC(C)=O)n3)n2)c1. The van der Waals surface area contributed by atoms with Crippen LogP contribution in [0.25, 0.3) is 0 Å². The summed E-state index contributed by atoms with van der Waals surface area (Å²) in [4.78, 5) is 34.7. The number of aromatic nitrogens is 3. The Bertz CT molecular complexity index is 1090. The van der Waals surface area contributed by atoms with Gasteiger partial charge in [-0.25, -0.2) is 14.4 Å². The zero-order valence-electron chi connectivity index (χ0n) is 16.8. The number of carbonyl (C=O) groups excluding carboxylic acids is 2. The van der Waals surface area contributed by atoms with Crippen LogP contribution in [-0.4, -0.2) is 40.4 Å².